The first-order valence-corrected chi connectivity index (χ1v) is 5.37. The largest absolute Gasteiger partial charge is 0.376 e. The van der Waals surface area contributed by atoms with Crippen molar-refractivity contribution in [2.45, 2.75) is 0 Å². The van der Waals surface area contributed by atoms with E-state index in [1.807, 2.05) is 24.3 Å². The zero-order chi connectivity index (χ0) is 11.5. The topological polar surface area (TPSA) is 21.3 Å². The van der Waals surface area contributed by atoms with Gasteiger partial charge in [-0.2, -0.15) is 0 Å². The molecule has 1 rings (SSSR count). The molecule has 0 saturated heterocycles. The molecule has 2 nitrogen and oxygen atoms in total. The SMILES string of the molecule is C#CCNCCOCC=Cc1ccccc1. The molecule has 0 fully saturated rings. The van der Waals surface area contributed by atoms with Crippen LogP contribution in [0.1, 0.15) is 5.56 Å². The zero-order valence-corrected chi connectivity index (χ0v) is 9.36. The van der Waals surface area contributed by atoms with Crippen LogP contribution < -0.4 is 5.32 Å². The summed E-state index contributed by atoms with van der Waals surface area (Å²) in [6.45, 7) is 2.71. The van der Waals surface area contributed by atoms with Gasteiger partial charge in [0.25, 0.3) is 0 Å². The fourth-order valence-corrected chi connectivity index (χ4v) is 1.20. The third kappa shape index (κ3) is 6.02. The predicted molar refractivity (Wildman–Crippen MR) is 68.0 cm³/mol. The van der Waals surface area contributed by atoms with Gasteiger partial charge in [0.1, 0.15) is 0 Å². The van der Waals surface area contributed by atoms with Crippen LogP contribution in [0.3, 0.4) is 0 Å². The molecule has 0 aromatic heterocycles. The molecule has 0 unspecified atom stereocenters. The van der Waals surface area contributed by atoms with Crippen LogP contribution >= 0.6 is 0 Å². The van der Waals surface area contributed by atoms with E-state index < -0.39 is 0 Å². The molecular weight excluding hydrogens is 198 g/mol. The Labute approximate surface area is 97.3 Å². The van der Waals surface area contributed by atoms with E-state index in [1.54, 1.807) is 0 Å². The molecule has 0 aliphatic heterocycles. The molecule has 0 atom stereocenters. The number of ether oxygens (including phenoxy) is 1. The molecule has 0 aliphatic carbocycles. The minimum Gasteiger partial charge on any atom is -0.376 e. The van der Waals surface area contributed by atoms with E-state index in [2.05, 4.69) is 29.4 Å². The lowest BCUT2D eigenvalue weighted by Gasteiger charge is -2.00. The smallest absolute Gasteiger partial charge is 0.0651 e. The summed E-state index contributed by atoms with van der Waals surface area (Å²) in [5, 5.41) is 3.06. The van der Waals surface area contributed by atoms with Crippen molar-refractivity contribution < 1.29 is 4.74 Å². The lowest BCUT2D eigenvalue weighted by Crippen LogP contribution is -2.19. The van der Waals surface area contributed by atoms with Gasteiger partial charge < -0.3 is 10.1 Å². The van der Waals surface area contributed by atoms with E-state index in [-0.39, 0.29) is 0 Å². The summed E-state index contributed by atoms with van der Waals surface area (Å²) in [7, 11) is 0. The fourth-order valence-electron chi connectivity index (χ4n) is 1.20. The number of hydrogen-bond donors (Lipinski definition) is 1. The Morgan fingerprint density at radius 1 is 1.31 bits per heavy atom. The lowest BCUT2D eigenvalue weighted by molar-refractivity contribution is 0.165. The predicted octanol–water partition coefficient (Wildman–Crippen LogP) is 1.94. The summed E-state index contributed by atoms with van der Waals surface area (Å²) in [5.41, 5.74) is 1.19. The van der Waals surface area contributed by atoms with Gasteiger partial charge in [-0.05, 0) is 5.56 Å². The third-order valence-corrected chi connectivity index (χ3v) is 1.97. The van der Waals surface area contributed by atoms with Crippen molar-refractivity contribution >= 4 is 6.08 Å². The third-order valence-electron chi connectivity index (χ3n) is 1.97. The van der Waals surface area contributed by atoms with E-state index in [1.165, 1.54) is 5.56 Å². The Bertz CT molecular complexity index is 338. The minimum atomic E-state index is 0.600. The summed E-state index contributed by atoms with van der Waals surface area (Å²) < 4.78 is 5.38. The minimum absolute atomic E-state index is 0.600. The number of nitrogens with one attached hydrogen (secondary N) is 1. The van der Waals surface area contributed by atoms with E-state index in [9.17, 15) is 0 Å². The summed E-state index contributed by atoms with van der Waals surface area (Å²) in [6, 6.07) is 10.2. The van der Waals surface area contributed by atoms with Crippen LogP contribution in [0.15, 0.2) is 36.4 Å². The van der Waals surface area contributed by atoms with Gasteiger partial charge in [0.2, 0.25) is 0 Å². The molecule has 1 aromatic carbocycles. The second-order valence-corrected chi connectivity index (χ2v) is 3.27. The average Bonchev–Trinajstić information content (AvgIpc) is 2.34. The Morgan fingerprint density at radius 2 is 2.12 bits per heavy atom. The van der Waals surface area contributed by atoms with Gasteiger partial charge in [-0.15, -0.1) is 6.42 Å². The summed E-state index contributed by atoms with van der Waals surface area (Å²) >= 11 is 0. The van der Waals surface area contributed by atoms with E-state index in [0.29, 0.717) is 19.8 Å². The number of rotatable bonds is 7. The van der Waals surface area contributed by atoms with Crippen LogP contribution in [0.2, 0.25) is 0 Å². The molecule has 0 amide bonds. The Balaban J connectivity index is 2.03. The van der Waals surface area contributed by atoms with Crippen molar-refractivity contribution in [2.75, 3.05) is 26.3 Å². The van der Waals surface area contributed by atoms with Gasteiger partial charge in [-0.1, -0.05) is 48.4 Å². The molecule has 0 aliphatic rings. The first-order chi connectivity index (χ1) is 7.93. The highest BCUT2D eigenvalue weighted by Crippen LogP contribution is 2.00. The monoisotopic (exact) mass is 215 g/mol. The van der Waals surface area contributed by atoms with Crippen molar-refractivity contribution in [1.29, 1.82) is 0 Å². The molecule has 0 saturated carbocycles. The molecule has 0 heterocycles. The molecule has 0 spiro atoms. The molecule has 0 bridgehead atoms. The molecular formula is C14H17NO. The zero-order valence-electron chi connectivity index (χ0n) is 9.36. The Hall–Kier alpha value is -1.56. The van der Waals surface area contributed by atoms with Crippen LogP contribution in [0.5, 0.6) is 0 Å². The van der Waals surface area contributed by atoms with Crippen LogP contribution in [-0.2, 0) is 4.74 Å². The van der Waals surface area contributed by atoms with Crippen LogP contribution in [0.25, 0.3) is 6.08 Å². The number of benzene rings is 1. The first-order valence-electron chi connectivity index (χ1n) is 5.37. The first kappa shape index (κ1) is 12.5. The van der Waals surface area contributed by atoms with E-state index in [4.69, 9.17) is 11.2 Å². The number of hydrogen-bond acceptors (Lipinski definition) is 2. The van der Waals surface area contributed by atoms with E-state index >= 15 is 0 Å². The van der Waals surface area contributed by atoms with Gasteiger partial charge in [0.05, 0.1) is 19.8 Å². The highest BCUT2D eigenvalue weighted by atomic mass is 16.5. The average molecular weight is 215 g/mol. The van der Waals surface area contributed by atoms with Crippen molar-refractivity contribution in [3.63, 3.8) is 0 Å². The highest BCUT2D eigenvalue weighted by Gasteiger charge is 1.85. The van der Waals surface area contributed by atoms with Crippen molar-refractivity contribution in [2.24, 2.45) is 0 Å². The maximum atomic E-state index is 5.38. The van der Waals surface area contributed by atoms with Crippen molar-refractivity contribution in [3.8, 4) is 12.3 Å². The highest BCUT2D eigenvalue weighted by molar-refractivity contribution is 5.48. The maximum absolute atomic E-state index is 5.38. The summed E-state index contributed by atoms with van der Waals surface area (Å²) in [4.78, 5) is 0. The van der Waals surface area contributed by atoms with Gasteiger partial charge >= 0.3 is 0 Å². The quantitative estimate of drug-likeness (QED) is 0.554. The van der Waals surface area contributed by atoms with E-state index in [0.717, 1.165) is 6.54 Å². The second-order valence-electron chi connectivity index (χ2n) is 3.27. The second kappa shape index (κ2) is 8.72. The van der Waals surface area contributed by atoms with Crippen LogP contribution in [-0.4, -0.2) is 26.3 Å². The number of terminal acetylenes is 1. The van der Waals surface area contributed by atoms with Crippen molar-refractivity contribution in [3.05, 3.63) is 42.0 Å². The molecule has 1 aromatic rings. The molecule has 1 N–H and O–H groups in total. The summed E-state index contributed by atoms with van der Waals surface area (Å²) in [6.07, 6.45) is 9.15. The van der Waals surface area contributed by atoms with Gasteiger partial charge in [-0.25, -0.2) is 0 Å². The van der Waals surface area contributed by atoms with Crippen molar-refractivity contribution in [1.82, 2.24) is 5.32 Å². The fraction of sp³-hybridized carbons (Fsp3) is 0.286. The standard InChI is InChI=1S/C14H17NO/c1-2-10-15-11-13-16-12-6-9-14-7-4-3-5-8-14/h1,3-9,15H,10-13H2. The molecule has 84 valence electrons. The van der Waals surface area contributed by atoms with Crippen LogP contribution in [0.4, 0.5) is 0 Å². The van der Waals surface area contributed by atoms with Gasteiger partial charge in [-0.3, -0.25) is 0 Å². The Kier molecular flexibility index (Phi) is 6.82. The van der Waals surface area contributed by atoms with Crippen LogP contribution in [0, 0.1) is 12.3 Å². The summed E-state index contributed by atoms with van der Waals surface area (Å²) in [5.74, 6) is 2.51. The normalized spacial score (nSPS) is 10.4. The molecule has 2 heteroatoms. The Morgan fingerprint density at radius 3 is 2.88 bits per heavy atom. The molecule has 0 radical (unpaired) electrons. The van der Waals surface area contributed by atoms with Gasteiger partial charge in [0.15, 0.2) is 0 Å². The maximum Gasteiger partial charge on any atom is 0.0651 e. The van der Waals surface area contributed by atoms with Gasteiger partial charge in [0, 0.05) is 6.54 Å². The molecule has 16 heavy (non-hydrogen) atoms. The lowest BCUT2D eigenvalue weighted by atomic mass is 10.2.